The van der Waals surface area contributed by atoms with Crippen LogP contribution in [-0.2, 0) is 4.79 Å². The molecule has 0 bridgehead atoms. The number of nitrogens with one attached hydrogen (secondary N) is 1. The Morgan fingerprint density at radius 2 is 2.04 bits per heavy atom. The van der Waals surface area contributed by atoms with E-state index in [-0.39, 0.29) is 16.8 Å². The fourth-order valence-electron chi connectivity index (χ4n) is 2.24. The highest BCUT2D eigenvalue weighted by molar-refractivity contribution is 7.99. The first-order valence-corrected chi connectivity index (χ1v) is 8.85. The number of hydrogen-bond donors (Lipinski definition) is 1. The van der Waals surface area contributed by atoms with Crippen LogP contribution < -0.4 is 11.0 Å². The number of carbonyl (C=O) groups is 1. The standard InChI is InChI=1S/C17H15ClN4O2S/c1-10-4-3-5-13(11(10)2)19-15(23)9-25-16-20-14-7-6-12(18)8-22(14)17(24)21-16/h3-8H,9H2,1-2H3,(H,19,23). The summed E-state index contributed by atoms with van der Waals surface area (Å²) >= 11 is 6.97. The number of hydrogen-bond acceptors (Lipinski definition) is 5. The summed E-state index contributed by atoms with van der Waals surface area (Å²) in [6, 6.07) is 9.01. The molecule has 0 saturated heterocycles. The van der Waals surface area contributed by atoms with Crippen LogP contribution in [0.15, 0.2) is 46.5 Å². The molecule has 3 aromatic rings. The zero-order chi connectivity index (χ0) is 18.0. The first kappa shape index (κ1) is 17.4. The van der Waals surface area contributed by atoms with Gasteiger partial charge in [0, 0.05) is 11.9 Å². The summed E-state index contributed by atoms with van der Waals surface area (Å²) in [7, 11) is 0. The Bertz CT molecular complexity index is 1020. The van der Waals surface area contributed by atoms with Crippen molar-refractivity contribution in [1.82, 2.24) is 14.4 Å². The Morgan fingerprint density at radius 1 is 1.24 bits per heavy atom. The Labute approximate surface area is 153 Å². The molecule has 1 aromatic carbocycles. The Balaban J connectivity index is 1.72. The molecule has 0 aliphatic heterocycles. The van der Waals surface area contributed by atoms with Gasteiger partial charge in [0.05, 0.1) is 10.8 Å². The molecule has 1 N–H and O–H groups in total. The van der Waals surface area contributed by atoms with Gasteiger partial charge in [-0.2, -0.15) is 4.98 Å². The van der Waals surface area contributed by atoms with Crippen molar-refractivity contribution in [3.8, 4) is 0 Å². The average molecular weight is 375 g/mol. The van der Waals surface area contributed by atoms with Gasteiger partial charge in [0.2, 0.25) is 5.91 Å². The smallest absolute Gasteiger partial charge is 0.325 e. The van der Waals surface area contributed by atoms with Crippen molar-refractivity contribution in [3.63, 3.8) is 0 Å². The first-order chi connectivity index (χ1) is 11.9. The van der Waals surface area contributed by atoms with Gasteiger partial charge in [-0.1, -0.05) is 35.5 Å². The summed E-state index contributed by atoms with van der Waals surface area (Å²) in [6.45, 7) is 3.94. The Kier molecular flexibility index (Phi) is 5.06. The van der Waals surface area contributed by atoms with Crippen LogP contribution in [0.2, 0.25) is 5.02 Å². The molecule has 0 radical (unpaired) electrons. The largest absolute Gasteiger partial charge is 0.355 e. The molecule has 0 saturated carbocycles. The minimum atomic E-state index is -0.482. The molecule has 0 aliphatic rings. The molecular formula is C17H15ClN4O2S. The molecule has 3 rings (SSSR count). The van der Waals surface area contributed by atoms with Gasteiger partial charge in [-0.25, -0.2) is 14.2 Å². The number of pyridine rings is 1. The highest BCUT2D eigenvalue weighted by Gasteiger charge is 2.10. The fourth-order valence-corrected chi connectivity index (χ4v) is 3.03. The molecule has 0 aliphatic carbocycles. The highest BCUT2D eigenvalue weighted by atomic mass is 35.5. The summed E-state index contributed by atoms with van der Waals surface area (Å²) in [4.78, 5) is 32.3. The average Bonchev–Trinajstić information content (AvgIpc) is 2.58. The maximum Gasteiger partial charge on any atom is 0.355 e. The zero-order valence-corrected chi connectivity index (χ0v) is 15.2. The third-order valence-corrected chi connectivity index (χ3v) is 4.78. The van der Waals surface area contributed by atoms with Crippen LogP contribution in [0.1, 0.15) is 11.1 Å². The van der Waals surface area contributed by atoms with E-state index >= 15 is 0 Å². The quantitative estimate of drug-likeness (QED) is 0.710. The number of benzene rings is 1. The second-order valence-electron chi connectivity index (χ2n) is 5.45. The number of anilines is 1. The number of fused-ring (bicyclic) bond motifs is 1. The van der Waals surface area contributed by atoms with Crippen molar-refractivity contribution >= 4 is 40.6 Å². The van der Waals surface area contributed by atoms with E-state index in [2.05, 4.69) is 15.3 Å². The maximum absolute atomic E-state index is 12.2. The van der Waals surface area contributed by atoms with E-state index in [1.165, 1.54) is 10.6 Å². The third-order valence-electron chi connectivity index (χ3n) is 3.71. The van der Waals surface area contributed by atoms with Crippen LogP contribution in [0.25, 0.3) is 5.65 Å². The van der Waals surface area contributed by atoms with Crippen molar-refractivity contribution in [2.24, 2.45) is 0 Å². The molecule has 2 aromatic heterocycles. The van der Waals surface area contributed by atoms with Crippen LogP contribution in [0.5, 0.6) is 0 Å². The molecule has 0 spiro atoms. The Hall–Kier alpha value is -2.38. The fraction of sp³-hybridized carbons (Fsp3) is 0.176. The summed E-state index contributed by atoms with van der Waals surface area (Å²) in [6.07, 6.45) is 1.46. The third kappa shape index (κ3) is 4.00. The number of aryl methyl sites for hydroxylation is 1. The van der Waals surface area contributed by atoms with E-state index in [0.717, 1.165) is 28.6 Å². The lowest BCUT2D eigenvalue weighted by Gasteiger charge is -2.10. The van der Waals surface area contributed by atoms with E-state index in [1.54, 1.807) is 12.1 Å². The van der Waals surface area contributed by atoms with Gasteiger partial charge < -0.3 is 5.32 Å². The molecule has 25 heavy (non-hydrogen) atoms. The van der Waals surface area contributed by atoms with Crippen molar-refractivity contribution in [3.05, 3.63) is 63.2 Å². The second kappa shape index (κ2) is 7.25. The zero-order valence-electron chi connectivity index (χ0n) is 13.6. The van der Waals surface area contributed by atoms with Crippen LogP contribution >= 0.6 is 23.4 Å². The number of rotatable bonds is 4. The van der Waals surface area contributed by atoms with Crippen LogP contribution in [0.3, 0.4) is 0 Å². The first-order valence-electron chi connectivity index (χ1n) is 7.49. The lowest BCUT2D eigenvalue weighted by Crippen LogP contribution is -2.20. The van der Waals surface area contributed by atoms with E-state index in [4.69, 9.17) is 11.6 Å². The second-order valence-corrected chi connectivity index (χ2v) is 6.83. The normalized spacial score (nSPS) is 10.8. The van der Waals surface area contributed by atoms with E-state index in [1.807, 2.05) is 32.0 Å². The number of thioether (sulfide) groups is 1. The number of nitrogens with zero attached hydrogens (tertiary/aromatic N) is 3. The molecule has 0 fully saturated rings. The highest BCUT2D eigenvalue weighted by Crippen LogP contribution is 2.19. The molecule has 0 atom stereocenters. The molecule has 0 unspecified atom stereocenters. The minimum absolute atomic E-state index is 0.108. The monoisotopic (exact) mass is 374 g/mol. The molecule has 2 heterocycles. The van der Waals surface area contributed by atoms with Gasteiger partial charge >= 0.3 is 5.69 Å². The number of amides is 1. The van der Waals surface area contributed by atoms with Crippen LogP contribution in [-0.4, -0.2) is 26.0 Å². The maximum atomic E-state index is 12.2. The van der Waals surface area contributed by atoms with Crippen molar-refractivity contribution in [2.75, 3.05) is 11.1 Å². The number of halogens is 1. The van der Waals surface area contributed by atoms with Crippen molar-refractivity contribution in [1.29, 1.82) is 0 Å². The lowest BCUT2D eigenvalue weighted by atomic mass is 10.1. The molecule has 6 nitrogen and oxygen atoms in total. The lowest BCUT2D eigenvalue weighted by molar-refractivity contribution is -0.113. The van der Waals surface area contributed by atoms with Crippen molar-refractivity contribution < 1.29 is 4.79 Å². The van der Waals surface area contributed by atoms with Gasteiger partial charge in [-0.15, -0.1) is 0 Å². The summed E-state index contributed by atoms with van der Waals surface area (Å²) in [5, 5.41) is 3.54. The van der Waals surface area contributed by atoms with Gasteiger partial charge in [0.25, 0.3) is 0 Å². The van der Waals surface area contributed by atoms with Gasteiger partial charge in [0.1, 0.15) is 5.65 Å². The minimum Gasteiger partial charge on any atom is -0.325 e. The van der Waals surface area contributed by atoms with Gasteiger partial charge in [-0.05, 0) is 43.2 Å². The van der Waals surface area contributed by atoms with E-state index < -0.39 is 5.69 Å². The Morgan fingerprint density at radius 3 is 2.84 bits per heavy atom. The molecule has 1 amide bonds. The summed E-state index contributed by atoms with van der Waals surface area (Å²) in [5.74, 6) is -0.0741. The van der Waals surface area contributed by atoms with Crippen LogP contribution in [0, 0.1) is 13.8 Å². The SMILES string of the molecule is Cc1cccc(NC(=O)CSc2nc(=O)n3cc(Cl)ccc3n2)c1C. The number of carbonyl (C=O) groups excluding carboxylic acids is 1. The van der Waals surface area contributed by atoms with E-state index in [0.29, 0.717) is 10.7 Å². The van der Waals surface area contributed by atoms with E-state index in [9.17, 15) is 9.59 Å². The topological polar surface area (TPSA) is 76.4 Å². The predicted molar refractivity (Wildman–Crippen MR) is 99.5 cm³/mol. The molecule has 8 heteroatoms. The van der Waals surface area contributed by atoms with Crippen LogP contribution in [0.4, 0.5) is 5.69 Å². The van der Waals surface area contributed by atoms with Gasteiger partial charge in [-0.3, -0.25) is 4.79 Å². The summed E-state index contributed by atoms with van der Waals surface area (Å²) < 4.78 is 1.27. The van der Waals surface area contributed by atoms with Crippen molar-refractivity contribution in [2.45, 2.75) is 19.0 Å². The summed E-state index contributed by atoms with van der Waals surface area (Å²) in [5.41, 5.74) is 2.86. The molecule has 128 valence electrons. The number of aromatic nitrogens is 3. The predicted octanol–water partition coefficient (Wildman–Crippen LogP) is 3.09. The van der Waals surface area contributed by atoms with Gasteiger partial charge in [0.15, 0.2) is 5.16 Å². The molecular weight excluding hydrogens is 360 g/mol.